The standard InChI is InChI=1S/C18H19FN2O2/c1-11(2)15-5-3-12(10-20-15)18(22)21-16-7-8-23-17-6-4-13(19)9-14(16)17/h3-6,9-11,16H,7-8H2,1-2H3,(H,21,22). The third-order valence-corrected chi connectivity index (χ3v) is 3.96. The number of fused-ring (bicyclic) bond motifs is 1. The maximum Gasteiger partial charge on any atom is 0.253 e. The van der Waals surface area contributed by atoms with Crippen molar-refractivity contribution in [1.82, 2.24) is 10.3 Å². The number of nitrogens with one attached hydrogen (secondary N) is 1. The molecule has 4 nitrogen and oxygen atoms in total. The van der Waals surface area contributed by atoms with E-state index in [9.17, 15) is 9.18 Å². The van der Waals surface area contributed by atoms with Crippen LogP contribution in [0.4, 0.5) is 4.39 Å². The van der Waals surface area contributed by atoms with Crippen molar-refractivity contribution in [3.8, 4) is 5.75 Å². The number of hydrogen-bond donors (Lipinski definition) is 1. The zero-order valence-electron chi connectivity index (χ0n) is 13.2. The molecule has 0 saturated carbocycles. The van der Waals surface area contributed by atoms with Gasteiger partial charge >= 0.3 is 0 Å². The van der Waals surface area contributed by atoms with Crippen LogP contribution < -0.4 is 10.1 Å². The van der Waals surface area contributed by atoms with Gasteiger partial charge in [0.2, 0.25) is 0 Å². The van der Waals surface area contributed by atoms with E-state index in [4.69, 9.17) is 4.74 Å². The van der Waals surface area contributed by atoms with Crippen LogP contribution >= 0.6 is 0 Å². The molecule has 1 N–H and O–H groups in total. The summed E-state index contributed by atoms with van der Waals surface area (Å²) in [5.74, 6) is 0.389. The molecule has 0 radical (unpaired) electrons. The summed E-state index contributed by atoms with van der Waals surface area (Å²) in [7, 11) is 0. The number of ether oxygens (including phenoxy) is 1. The van der Waals surface area contributed by atoms with Gasteiger partial charge in [-0.3, -0.25) is 9.78 Å². The smallest absolute Gasteiger partial charge is 0.253 e. The van der Waals surface area contributed by atoms with Crippen LogP contribution in [-0.4, -0.2) is 17.5 Å². The van der Waals surface area contributed by atoms with E-state index >= 15 is 0 Å². The Morgan fingerprint density at radius 2 is 2.17 bits per heavy atom. The normalized spacial score (nSPS) is 16.6. The van der Waals surface area contributed by atoms with Crippen LogP contribution in [0.3, 0.4) is 0 Å². The van der Waals surface area contributed by atoms with Crippen LogP contribution in [-0.2, 0) is 0 Å². The number of amides is 1. The fourth-order valence-corrected chi connectivity index (χ4v) is 2.64. The van der Waals surface area contributed by atoms with E-state index in [0.717, 1.165) is 5.69 Å². The molecule has 1 aromatic heterocycles. The van der Waals surface area contributed by atoms with E-state index in [1.807, 2.05) is 6.07 Å². The molecule has 1 atom stereocenters. The van der Waals surface area contributed by atoms with Gasteiger partial charge in [0.25, 0.3) is 5.91 Å². The highest BCUT2D eigenvalue weighted by molar-refractivity contribution is 5.94. The van der Waals surface area contributed by atoms with E-state index in [2.05, 4.69) is 24.1 Å². The zero-order chi connectivity index (χ0) is 16.4. The van der Waals surface area contributed by atoms with Gasteiger partial charge < -0.3 is 10.1 Å². The van der Waals surface area contributed by atoms with Crippen molar-refractivity contribution in [3.05, 3.63) is 59.2 Å². The highest BCUT2D eigenvalue weighted by atomic mass is 19.1. The Bertz CT molecular complexity index is 713. The Kier molecular flexibility index (Phi) is 4.28. The molecule has 23 heavy (non-hydrogen) atoms. The Morgan fingerprint density at radius 1 is 1.35 bits per heavy atom. The summed E-state index contributed by atoms with van der Waals surface area (Å²) in [6, 6.07) is 7.74. The summed E-state index contributed by atoms with van der Waals surface area (Å²) in [6.07, 6.45) is 2.19. The predicted molar refractivity (Wildman–Crippen MR) is 85.0 cm³/mol. The highest BCUT2D eigenvalue weighted by Crippen LogP contribution is 2.32. The summed E-state index contributed by atoms with van der Waals surface area (Å²) in [5.41, 5.74) is 2.12. The number of nitrogens with zero attached hydrogens (tertiary/aromatic N) is 1. The van der Waals surface area contributed by atoms with E-state index in [1.54, 1.807) is 18.3 Å². The minimum atomic E-state index is -0.337. The van der Waals surface area contributed by atoms with Crippen molar-refractivity contribution in [2.45, 2.75) is 32.2 Å². The van der Waals surface area contributed by atoms with E-state index in [0.29, 0.717) is 35.8 Å². The lowest BCUT2D eigenvalue weighted by atomic mass is 10.00. The molecule has 1 aliphatic heterocycles. The molecule has 0 aliphatic carbocycles. The largest absolute Gasteiger partial charge is 0.493 e. The van der Waals surface area contributed by atoms with Crippen LogP contribution in [0.25, 0.3) is 0 Å². The average Bonchev–Trinajstić information content (AvgIpc) is 2.55. The van der Waals surface area contributed by atoms with Crippen molar-refractivity contribution < 1.29 is 13.9 Å². The van der Waals surface area contributed by atoms with E-state index in [-0.39, 0.29) is 17.8 Å². The van der Waals surface area contributed by atoms with Crippen LogP contribution in [0.5, 0.6) is 5.75 Å². The number of benzene rings is 1. The summed E-state index contributed by atoms with van der Waals surface area (Å²) in [6.45, 7) is 4.60. The van der Waals surface area contributed by atoms with Gasteiger partial charge in [-0.05, 0) is 36.2 Å². The van der Waals surface area contributed by atoms with Gasteiger partial charge in [0.05, 0.1) is 18.2 Å². The quantitative estimate of drug-likeness (QED) is 0.942. The van der Waals surface area contributed by atoms with Crippen molar-refractivity contribution in [1.29, 1.82) is 0 Å². The zero-order valence-corrected chi connectivity index (χ0v) is 13.2. The summed E-state index contributed by atoms with van der Waals surface area (Å²) < 4.78 is 19.0. The lowest BCUT2D eigenvalue weighted by molar-refractivity contribution is 0.0924. The molecule has 1 unspecified atom stereocenters. The maximum absolute atomic E-state index is 13.5. The maximum atomic E-state index is 13.5. The van der Waals surface area contributed by atoms with Crippen molar-refractivity contribution in [3.63, 3.8) is 0 Å². The minimum Gasteiger partial charge on any atom is -0.493 e. The van der Waals surface area contributed by atoms with Crippen LogP contribution in [0.1, 0.15) is 53.8 Å². The fraction of sp³-hybridized carbons (Fsp3) is 0.333. The van der Waals surface area contributed by atoms with Gasteiger partial charge in [-0.15, -0.1) is 0 Å². The van der Waals surface area contributed by atoms with Gasteiger partial charge in [-0.1, -0.05) is 13.8 Å². The van der Waals surface area contributed by atoms with Gasteiger partial charge in [0.1, 0.15) is 11.6 Å². The average molecular weight is 314 g/mol. The third-order valence-electron chi connectivity index (χ3n) is 3.96. The molecule has 120 valence electrons. The molecule has 0 spiro atoms. The number of carbonyl (C=O) groups excluding carboxylic acids is 1. The first-order valence-corrected chi connectivity index (χ1v) is 7.73. The molecule has 5 heteroatoms. The second kappa shape index (κ2) is 6.36. The van der Waals surface area contributed by atoms with E-state index < -0.39 is 0 Å². The first kappa shape index (κ1) is 15.5. The van der Waals surface area contributed by atoms with Crippen LogP contribution in [0.2, 0.25) is 0 Å². The first-order valence-electron chi connectivity index (χ1n) is 7.73. The third kappa shape index (κ3) is 3.33. The molecule has 3 rings (SSSR count). The first-order chi connectivity index (χ1) is 11.0. The molecule has 2 heterocycles. The molecule has 0 fully saturated rings. The Hall–Kier alpha value is -2.43. The fourth-order valence-electron chi connectivity index (χ4n) is 2.64. The summed E-state index contributed by atoms with van der Waals surface area (Å²) in [5, 5.41) is 2.94. The minimum absolute atomic E-state index is 0.213. The summed E-state index contributed by atoms with van der Waals surface area (Å²) >= 11 is 0. The van der Waals surface area contributed by atoms with Crippen LogP contribution in [0.15, 0.2) is 36.5 Å². The molecular weight excluding hydrogens is 295 g/mol. The SMILES string of the molecule is CC(C)c1ccc(C(=O)NC2CCOc3ccc(F)cc32)cn1. The van der Waals surface area contributed by atoms with Gasteiger partial charge in [-0.2, -0.15) is 0 Å². The van der Waals surface area contributed by atoms with Crippen molar-refractivity contribution >= 4 is 5.91 Å². The number of carbonyl (C=O) groups is 1. The molecule has 0 bridgehead atoms. The lowest BCUT2D eigenvalue weighted by Crippen LogP contribution is -2.32. The number of aromatic nitrogens is 1. The van der Waals surface area contributed by atoms with E-state index in [1.165, 1.54) is 12.1 Å². The van der Waals surface area contributed by atoms with Gasteiger partial charge in [0.15, 0.2) is 0 Å². The van der Waals surface area contributed by atoms with Gasteiger partial charge in [0, 0.05) is 23.9 Å². The molecule has 2 aromatic rings. The van der Waals surface area contributed by atoms with Gasteiger partial charge in [-0.25, -0.2) is 4.39 Å². The number of pyridine rings is 1. The molecule has 1 amide bonds. The monoisotopic (exact) mass is 314 g/mol. The highest BCUT2D eigenvalue weighted by Gasteiger charge is 2.24. The second-order valence-electron chi connectivity index (χ2n) is 5.97. The molecular formula is C18H19FN2O2. The van der Waals surface area contributed by atoms with Crippen molar-refractivity contribution in [2.75, 3.05) is 6.61 Å². The second-order valence-corrected chi connectivity index (χ2v) is 5.97. The predicted octanol–water partition coefficient (Wildman–Crippen LogP) is 3.60. The number of hydrogen-bond acceptors (Lipinski definition) is 3. The Balaban J connectivity index is 1.77. The number of rotatable bonds is 3. The topological polar surface area (TPSA) is 51.2 Å². The molecule has 0 saturated heterocycles. The van der Waals surface area contributed by atoms with Crippen LogP contribution in [0, 0.1) is 5.82 Å². The lowest BCUT2D eigenvalue weighted by Gasteiger charge is -2.26. The Labute approximate surface area is 134 Å². The van der Waals surface area contributed by atoms with Crippen molar-refractivity contribution in [2.24, 2.45) is 0 Å². The number of halogens is 1. The summed E-state index contributed by atoms with van der Waals surface area (Å²) in [4.78, 5) is 16.7. The molecule has 1 aromatic carbocycles. The molecule has 1 aliphatic rings. The Morgan fingerprint density at radius 3 is 2.87 bits per heavy atom.